The maximum Gasteiger partial charge on any atom is 0.408 e. The van der Waals surface area contributed by atoms with Crippen molar-refractivity contribution < 1.29 is 43.2 Å². The van der Waals surface area contributed by atoms with E-state index in [0.717, 1.165) is 11.8 Å². The molecule has 0 fully saturated rings. The predicted octanol–water partition coefficient (Wildman–Crippen LogP) is 4.77. The van der Waals surface area contributed by atoms with Crippen LogP contribution in [0.5, 0.6) is 17.2 Å². The van der Waals surface area contributed by atoms with Gasteiger partial charge in [0.15, 0.2) is 6.04 Å². The molecule has 0 aliphatic carbocycles. The number of hydrogen-bond acceptors (Lipinski definition) is 9. The van der Waals surface area contributed by atoms with Gasteiger partial charge in [0.1, 0.15) is 33.7 Å². The molecule has 39 heavy (non-hydrogen) atoms. The normalized spacial score (nSPS) is 13.0. The van der Waals surface area contributed by atoms with E-state index in [9.17, 15) is 19.5 Å². The number of nitrogens with one attached hydrogen (secondary N) is 1. The maximum atomic E-state index is 13.5. The van der Waals surface area contributed by atoms with E-state index < -0.39 is 40.5 Å². The number of aliphatic carboxylic acids is 1. The first-order valence-electron chi connectivity index (χ1n) is 12.1. The molecule has 0 aliphatic rings. The zero-order valence-corrected chi connectivity index (χ0v) is 24.3. The SMILES string of the molecule is COc1cc(OC)c(CSC(C(=O)O)[C@H](NC(=O)OC(C)(C)C)C(=O)OC(C)(C)c2ccccc2)c(OC)c1. The van der Waals surface area contributed by atoms with Crippen molar-refractivity contribution >= 4 is 29.8 Å². The molecule has 0 aromatic heterocycles. The van der Waals surface area contributed by atoms with E-state index in [1.165, 1.54) is 21.3 Å². The van der Waals surface area contributed by atoms with Crippen molar-refractivity contribution in [1.82, 2.24) is 5.32 Å². The van der Waals surface area contributed by atoms with Gasteiger partial charge in [0.25, 0.3) is 0 Å². The number of carboxylic acid groups (broad SMARTS) is 1. The Bertz CT molecular complexity index is 1120. The molecule has 2 rings (SSSR count). The largest absolute Gasteiger partial charge is 0.496 e. The van der Waals surface area contributed by atoms with Crippen LogP contribution < -0.4 is 19.5 Å². The van der Waals surface area contributed by atoms with Gasteiger partial charge in [0, 0.05) is 23.4 Å². The molecule has 10 nitrogen and oxygen atoms in total. The number of carbonyl (C=O) groups excluding carboxylic acids is 2. The van der Waals surface area contributed by atoms with Crippen LogP contribution in [0.3, 0.4) is 0 Å². The third-order valence-electron chi connectivity index (χ3n) is 5.52. The molecule has 1 amide bonds. The predicted molar refractivity (Wildman–Crippen MR) is 148 cm³/mol. The average molecular weight is 564 g/mol. The minimum atomic E-state index is -1.58. The zero-order chi connectivity index (χ0) is 29.4. The Balaban J connectivity index is 2.42. The number of carbonyl (C=O) groups is 3. The minimum Gasteiger partial charge on any atom is -0.496 e. The highest BCUT2D eigenvalue weighted by Crippen LogP contribution is 2.38. The fraction of sp³-hybridized carbons (Fsp3) is 0.464. The Kier molecular flexibility index (Phi) is 10.9. The van der Waals surface area contributed by atoms with Crippen LogP contribution in [0.1, 0.15) is 45.7 Å². The lowest BCUT2D eigenvalue weighted by Crippen LogP contribution is -2.53. The lowest BCUT2D eigenvalue weighted by molar-refractivity contribution is -0.162. The number of amides is 1. The summed E-state index contributed by atoms with van der Waals surface area (Å²) in [5.41, 5.74) is -0.743. The first kappa shape index (κ1) is 31.6. The molecule has 11 heteroatoms. The average Bonchev–Trinajstić information content (AvgIpc) is 2.86. The van der Waals surface area contributed by atoms with Crippen LogP contribution >= 0.6 is 11.8 Å². The van der Waals surface area contributed by atoms with Crippen molar-refractivity contribution in [3.63, 3.8) is 0 Å². The van der Waals surface area contributed by atoms with E-state index in [0.29, 0.717) is 28.4 Å². The van der Waals surface area contributed by atoms with Crippen molar-refractivity contribution in [2.45, 2.75) is 62.9 Å². The van der Waals surface area contributed by atoms with E-state index >= 15 is 0 Å². The Labute approximate surface area is 233 Å². The van der Waals surface area contributed by atoms with Crippen molar-refractivity contribution in [3.05, 3.63) is 53.6 Å². The number of benzene rings is 2. The molecule has 0 spiro atoms. The molecule has 0 bridgehead atoms. The molecule has 0 aliphatic heterocycles. The van der Waals surface area contributed by atoms with Crippen molar-refractivity contribution in [2.75, 3.05) is 21.3 Å². The van der Waals surface area contributed by atoms with Crippen LogP contribution in [0.4, 0.5) is 4.79 Å². The van der Waals surface area contributed by atoms with Gasteiger partial charge in [0.05, 0.1) is 21.3 Å². The van der Waals surface area contributed by atoms with Gasteiger partial charge in [-0.2, -0.15) is 0 Å². The quantitative estimate of drug-likeness (QED) is 0.348. The molecule has 2 N–H and O–H groups in total. The first-order valence-corrected chi connectivity index (χ1v) is 13.2. The Morgan fingerprint density at radius 2 is 1.46 bits per heavy atom. The monoisotopic (exact) mass is 563 g/mol. The summed E-state index contributed by atoms with van der Waals surface area (Å²) in [5.74, 6) is -0.886. The second kappa shape index (κ2) is 13.5. The fourth-order valence-electron chi connectivity index (χ4n) is 3.61. The Hall–Kier alpha value is -3.60. The van der Waals surface area contributed by atoms with Crippen molar-refractivity contribution in [3.8, 4) is 17.2 Å². The van der Waals surface area contributed by atoms with E-state index in [2.05, 4.69) is 5.32 Å². The van der Waals surface area contributed by atoms with Crippen LogP contribution in [0, 0.1) is 0 Å². The molecule has 214 valence electrons. The summed E-state index contributed by atoms with van der Waals surface area (Å²) < 4.78 is 27.3. The maximum absolute atomic E-state index is 13.5. The fourth-order valence-corrected chi connectivity index (χ4v) is 4.75. The van der Waals surface area contributed by atoms with E-state index in [1.54, 1.807) is 71.0 Å². The topological polar surface area (TPSA) is 130 Å². The molecule has 0 saturated heterocycles. The van der Waals surface area contributed by atoms with Crippen molar-refractivity contribution in [2.24, 2.45) is 0 Å². The Morgan fingerprint density at radius 3 is 1.92 bits per heavy atom. The third kappa shape index (κ3) is 8.98. The number of methoxy groups -OCH3 is 3. The van der Waals surface area contributed by atoms with Gasteiger partial charge in [-0.1, -0.05) is 30.3 Å². The number of esters is 1. The molecule has 2 atom stereocenters. The summed E-state index contributed by atoms with van der Waals surface area (Å²) in [4.78, 5) is 38.6. The molecule has 0 saturated carbocycles. The highest BCUT2D eigenvalue weighted by molar-refractivity contribution is 7.99. The summed E-state index contributed by atoms with van der Waals surface area (Å²) >= 11 is 0.902. The van der Waals surface area contributed by atoms with Crippen LogP contribution in [0.25, 0.3) is 0 Å². The van der Waals surface area contributed by atoms with E-state index in [4.69, 9.17) is 23.7 Å². The highest BCUT2D eigenvalue weighted by atomic mass is 32.2. The summed E-state index contributed by atoms with van der Waals surface area (Å²) in [7, 11) is 4.43. The second-order valence-electron chi connectivity index (χ2n) is 10.0. The number of carboxylic acids is 1. The lowest BCUT2D eigenvalue weighted by atomic mass is 9.98. The zero-order valence-electron chi connectivity index (χ0n) is 23.5. The second-order valence-corrected chi connectivity index (χ2v) is 11.1. The third-order valence-corrected chi connectivity index (χ3v) is 6.81. The van der Waals surface area contributed by atoms with Gasteiger partial charge in [-0.15, -0.1) is 11.8 Å². The van der Waals surface area contributed by atoms with Gasteiger partial charge in [-0.05, 0) is 40.2 Å². The molecule has 1 unspecified atom stereocenters. The van der Waals surface area contributed by atoms with Gasteiger partial charge in [-0.25, -0.2) is 9.59 Å². The van der Waals surface area contributed by atoms with Gasteiger partial charge in [-0.3, -0.25) is 4.79 Å². The van der Waals surface area contributed by atoms with Gasteiger partial charge >= 0.3 is 18.0 Å². The minimum absolute atomic E-state index is 0.0646. The highest BCUT2D eigenvalue weighted by Gasteiger charge is 2.40. The Morgan fingerprint density at radius 1 is 0.897 bits per heavy atom. The van der Waals surface area contributed by atoms with Crippen molar-refractivity contribution in [1.29, 1.82) is 0 Å². The molecular weight excluding hydrogens is 526 g/mol. The number of thioether (sulfide) groups is 1. The first-order chi connectivity index (χ1) is 18.2. The summed E-state index contributed by atoms with van der Waals surface area (Å²) in [6.45, 7) is 8.33. The van der Waals surface area contributed by atoms with Crippen LogP contribution in [0.15, 0.2) is 42.5 Å². The standard InChI is InChI=1S/C28H37NO9S/c1-27(2,3)38-26(33)29-22(25(32)37-28(4,5)17-12-10-9-11-13-17)23(24(30)31)39-16-19-20(35-7)14-18(34-6)15-21(19)36-8/h9-15,22-23H,16H2,1-8H3,(H,29,33)(H,30,31)/t22-,23?/m0/s1. The van der Waals surface area contributed by atoms with Crippen LogP contribution in [-0.4, -0.2) is 61.4 Å². The molecular formula is C28H37NO9S. The van der Waals surface area contributed by atoms with E-state index in [1.807, 2.05) is 6.07 Å². The summed E-state index contributed by atoms with van der Waals surface area (Å²) in [5, 5.41) is 11.1. The van der Waals surface area contributed by atoms with Crippen LogP contribution in [-0.2, 0) is 30.4 Å². The smallest absolute Gasteiger partial charge is 0.408 e. The molecule has 2 aromatic carbocycles. The summed E-state index contributed by atoms with van der Waals surface area (Å²) in [6.07, 6.45) is -0.951. The number of ether oxygens (including phenoxy) is 5. The number of rotatable bonds is 12. The number of alkyl carbamates (subject to hydrolysis) is 1. The molecule has 2 aromatic rings. The van der Waals surface area contributed by atoms with Gasteiger partial charge in [0.2, 0.25) is 0 Å². The molecule has 0 heterocycles. The summed E-state index contributed by atoms with van der Waals surface area (Å²) in [6, 6.07) is 10.7. The van der Waals surface area contributed by atoms with E-state index in [-0.39, 0.29) is 5.75 Å². The molecule has 0 radical (unpaired) electrons. The van der Waals surface area contributed by atoms with Gasteiger partial charge < -0.3 is 34.1 Å². The van der Waals surface area contributed by atoms with Crippen LogP contribution in [0.2, 0.25) is 0 Å². The lowest BCUT2D eigenvalue weighted by Gasteiger charge is -2.31. The number of hydrogen-bond donors (Lipinski definition) is 2.